The Labute approximate surface area is 108 Å². The monoisotopic (exact) mass is 282 g/mol. The number of benzene rings is 1. The van der Waals surface area contributed by atoms with Crippen molar-refractivity contribution in [3.8, 4) is 0 Å². The van der Waals surface area contributed by atoms with E-state index in [4.69, 9.17) is 44.6 Å². The highest BCUT2D eigenvalue weighted by atomic mass is 35.5. The van der Waals surface area contributed by atoms with Crippen LogP contribution in [-0.2, 0) is 9.53 Å². The Morgan fingerprint density at radius 1 is 1.44 bits per heavy atom. The zero-order chi connectivity index (χ0) is 12.1. The van der Waals surface area contributed by atoms with Crippen LogP contribution in [0.15, 0.2) is 18.2 Å². The molecular weight excluding hydrogens is 274 g/mol. The average Bonchev–Trinajstić information content (AvgIpc) is 2.24. The molecule has 88 valence electrons. The minimum Gasteiger partial charge on any atom is -0.479 e. The summed E-state index contributed by atoms with van der Waals surface area (Å²) in [6.45, 7) is 0.126. The fourth-order valence-corrected chi connectivity index (χ4v) is 1.68. The Kier molecular flexibility index (Phi) is 5.35. The van der Waals surface area contributed by atoms with E-state index in [1.54, 1.807) is 18.2 Å². The topological polar surface area (TPSA) is 46.5 Å². The number of carbonyl (C=O) groups is 1. The predicted molar refractivity (Wildman–Crippen MR) is 63.5 cm³/mol. The van der Waals surface area contributed by atoms with Gasteiger partial charge in [0, 0.05) is 11.4 Å². The molecule has 1 aromatic carbocycles. The molecule has 0 saturated carbocycles. The van der Waals surface area contributed by atoms with E-state index < -0.39 is 12.1 Å². The lowest BCUT2D eigenvalue weighted by atomic mass is 10.1. The Hall–Kier alpha value is -0.480. The van der Waals surface area contributed by atoms with Crippen LogP contribution in [0.4, 0.5) is 0 Å². The zero-order valence-electron chi connectivity index (χ0n) is 8.12. The second kappa shape index (κ2) is 6.30. The highest BCUT2D eigenvalue weighted by Gasteiger charge is 2.23. The summed E-state index contributed by atoms with van der Waals surface area (Å²) < 4.78 is 5.10. The quantitative estimate of drug-likeness (QED) is 0.843. The molecule has 1 aromatic rings. The lowest BCUT2D eigenvalue weighted by Gasteiger charge is -2.15. The van der Waals surface area contributed by atoms with E-state index >= 15 is 0 Å². The van der Waals surface area contributed by atoms with Crippen molar-refractivity contribution >= 4 is 40.8 Å². The van der Waals surface area contributed by atoms with Crippen LogP contribution in [0.1, 0.15) is 11.7 Å². The molecule has 6 heteroatoms. The molecular formula is C10H9Cl3O3. The highest BCUT2D eigenvalue weighted by Crippen LogP contribution is 2.31. The summed E-state index contributed by atoms with van der Waals surface area (Å²) in [6.07, 6.45) is -1.15. The van der Waals surface area contributed by atoms with Crippen molar-refractivity contribution in [1.82, 2.24) is 0 Å². The minimum atomic E-state index is -1.15. The first-order valence-corrected chi connectivity index (χ1v) is 5.71. The molecule has 0 saturated heterocycles. The van der Waals surface area contributed by atoms with Crippen LogP contribution in [0.2, 0.25) is 10.0 Å². The van der Waals surface area contributed by atoms with Crippen molar-refractivity contribution in [2.75, 3.05) is 12.5 Å². The van der Waals surface area contributed by atoms with E-state index in [0.717, 1.165) is 0 Å². The van der Waals surface area contributed by atoms with E-state index in [0.29, 0.717) is 10.6 Å². The SMILES string of the molecule is O=C(O)C(OCCCl)c1cccc(Cl)c1Cl. The molecule has 0 aliphatic rings. The summed E-state index contributed by atoms with van der Waals surface area (Å²) in [6, 6.07) is 4.75. The first-order chi connectivity index (χ1) is 7.57. The van der Waals surface area contributed by atoms with Gasteiger partial charge in [-0.2, -0.15) is 0 Å². The van der Waals surface area contributed by atoms with Crippen LogP contribution >= 0.6 is 34.8 Å². The van der Waals surface area contributed by atoms with Crippen LogP contribution in [-0.4, -0.2) is 23.6 Å². The van der Waals surface area contributed by atoms with Gasteiger partial charge < -0.3 is 9.84 Å². The van der Waals surface area contributed by atoms with Gasteiger partial charge in [-0.05, 0) is 6.07 Å². The molecule has 0 spiro atoms. The van der Waals surface area contributed by atoms with Crippen molar-refractivity contribution < 1.29 is 14.6 Å². The van der Waals surface area contributed by atoms with Crippen molar-refractivity contribution in [3.05, 3.63) is 33.8 Å². The Morgan fingerprint density at radius 2 is 2.12 bits per heavy atom. The van der Waals surface area contributed by atoms with Gasteiger partial charge in [0.15, 0.2) is 6.10 Å². The normalized spacial score (nSPS) is 12.4. The maximum atomic E-state index is 11.0. The predicted octanol–water partition coefficient (Wildman–Crippen LogP) is 3.37. The van der Waals surface area contributed by atoms with Crippen LogP contribution in [0, 0.1) is 0 Å². The number of aliphatic carboxylic acids is 1. The maximum absolute atomic E-state index is 11.0. The summed E-state index contributed by atoms with van der Waals surface area (Å²) in [5, 5.41) is 9.48. The third-order valence-corrected chi connectivity index (χ3v) is 2.84. The molecule has 0 aliphatic carbocycles. The molecule has 0 radical (unpaired) electrons. The molecule has 1 rings (SSSR count). The lowest BCUT2D eigenvalue weighted by Crippen LogP contribution is -2.17. The number of alkyl halides is 1. The smallest absolute Gasteiger partial charge is 0.337 e. The molecule has 0 heterocycles. The largest absolute Gasteiger partial charge is 0.479 e. The first kappa shape index (κ1) is 13.6. The van der Waals surface area contributed by atoms with Crippen LogP contribution in [0.5, 0.6) is 0 Å². The van der Waals surface area contributed by atoms with Crippen molar-refractivity contribution in [1.29, 1.82) is 0 Å². The Bertz CT molecular complexity index is 382. The standard InChI is InChI=1S/C10H9Cl3O3/c11-4-5-16-9(10(14)15)6-2-1-3-7(12)8(6)13/h1-3,9H,4-5H2,(H,14,15). The second-order valence-corrected chi connectivity index (χ2v) is 4.08. The van der Waals surface area contributed by atoms with Crippen molar-refractivity contribution in [2.24, 2.45) is 0 Å². The molecule has 0 aromatic heterocycles. The summed E-state index contributed by atoms with van der Waals surface area (Å²) in [7, 11) is 0. The van der Waals surface area contributed by atoms with E-state index in [1.807, 2.05) is 0 Å². The zero-order valence-corrected chi connectivity index (χ0v) is 10.4. The summed E-state index contributed by atoms with van der Waals surface area (Å²) in [5.74, 6) is -0.920. The number of hydrogen-bond donors (Lipinski definition) is 1. The number of carboxylic acids is 1. The van der Waals surface area contributed by atoms with E-state index in [-0.39, 0.29) is 17.5 Å². The Morgan fingerprint density at radius 3 is 2.69 bits per heavy atom. The highest BCUT2D eigenvalue weighted by molar-refractivity contribution is 6.42. The molecule has 1 unspecified atom stereocenters. The van der Waals surface area contributed by atoms with Gasteiger partial charge in [-0.3, -0.25) is 0 Å². The van der Waals surface area contributed by atoms with Gasteiger partial charge in [-0.25, -0.2) is 4.79 Å². The Balaban J connectivity index is 3.01. The van der Waals surface area contributed by atoms with Gasteiger partial charge in [0.1, 0.15) is 0 Å². The van der Waals surface area contributed by atoms with Crippen molar-refractivity contribution in [2.45, 2.75) is 6.10 Å². The van der Waals surface area contributed by atoms with Crippen LogP contribution < -0.4 is 0 Å². The fourth-order valence-electron chi connectivity index (χ4n) is 1.18. The summed E-state index contributed by atoms with van der Waals surface area (Å²) in [4.78, 5) is 11.0. The van der Waals surface area contributed by atoms with Crippen molar-refractivity contribution in [3.63, 3.8) is 0 Å². The summed E-state index contributed by atoms with van der Waals surface area (Å²) >= 11 is 17.1. The van der Waals surface area contributed by atoms with Gasteiger partial charge in [0.2, 0.25) is 0 Å². The third kappa shape index (κ3) is 3.25. The molecule has 0 bridgehead atoms. The van der Waals surface area contributed by atoms with Crippen LogP contribution in [0.25, 0.3) is 0 Å². The molecule has 1 N–H and O–H groups in total. The van der Waals surface area contributed by atoms with Gasteiger partial charge >= 0.3 is 5.97 Å². The summed E-state index contributed by atoms with van der Waals surface area (Å²) in [5.41, 5.74) is 0.326. The van der Waals surface area contributed by atoms with Crippen LogP contribution in [0.3, 0.4) is 0 Å². The van der Waals surface area contributed by atoms with Gasteiger partial charge in [0.05, 0.1) is 16.7 Å². The molecule has 0 aliphatic heterocycles. The van der Waals surface area contributed by atoms with Gasteiger partial charge in [0.25, 0.3) is 0 Å². The molecule has 3 nitrogen and oxygen atoms in total. The van der Waals surface area contributed by atoms with E-state index in [9.17, 15) is 4.79 Å². The number of carboxylic acid groups (broad SMARTS) is 1. The number of ether oxygens (including phenoxy) is 1. The molecule has 0 fully saturated rings. The number of rotatable bonds is 5. The van der Waals surface area contributed by atoms with Gasteiger partial charge in [-0.15, -0.1) is 11.6 Å². The molecule has 1 atom stereocenters. The van der Waals surface area contributed by atoms with E-state index in [1.165, 1.54) is 0 Å². The average molecular weight is 284 g/mol. The van der Waals surface area contributed by atoms with E-state index in [2.05, 4.69) is 0 Å². The number of halogens is 3. The third-order valence-electron chi connectivity index (χ3n) is 1.85. The number of hydrogen-bond acceptors (Lipinski definition) is 2. The minimum absolute atomic E-state index is 0.126. The fraction of sp³-hybridized carbons (Fsp3) is 0.300. The first-order valence-electron chi connectivity index (χ1n) is 4.42. The van der Waals surface area contributed by atoms with Gasteiger partial charge in [-0.1, -0.05) is 35.3 Å². The lowest BCUT2D eigenvalue weighted by molar-refractivity contribution is -0.150. The molecule has 0 amide bonds. The maximum Gasteiger partial charge on any atom is 0.337 e. The molecule has 16 heavy (non-hydrogen) atoms. The second-order valence-electron chi connectivity index (χ2n) is 2.92.